The fraction of sp³-hybridized carbons (Fsp3) is 0.609. The normalized spacial score (nSPS) is 25.0. The molecule has 6 heteroatoms. The number of aliphatic carboxylic acids is 1. The number of Topliss-reactive ketones (excluding diaryl/α,β-unsaturated/α-hetero) is 1. The average molecular weight is 405 g/mol. The second-order valence-electron chi connectivity index (χ2n) is 8.47. The molecule has 0 fully saturated rings. The summed E-state index contributed by atoms with van der Waals surface area (Å²) in [5.74, 6) is -1.71. The van der Waals surface area contributed by atoms with Gasteiger partial charge < -0.3 is 14.9 Å². The lowest BCUT2D eigenvalue weighted by atomic mass is 9.69. The zero-order chi connectivity index (χ0) is 21.7. The highest BCUT2D eigenvalue weighted by molar-refractivity contribution is 5.94. The van der Waals surface area contributed by atoms with Gasteiger partial charge >= 0.3 is 11.9 Å². The van der Waals surface area contributed by atoms with E-state index in [4.69, 9.17) is 9.84 Å². The van der Waals surface area contributed by atoms with Crippen LogP contribution in [0.4, 0.5) is 0 Å². The van der Waals surface area contributed by atoms with Crippen LogP contribution in [0.2, 0.25) is 0 Å². The third kappa shape index (κ3) is 6.39. The number of aliphatic hydroxyl groups excluding tert-OH is 1. The molecule has 2 aliphatic carbocycles. The minimum absolute atomic E-state index is 0.00479. The molecule has 0 aromatic carbocycles. The first-order chi connectivity index (χ1) is 13.6. The highest BCUT2D eigenvalue weighted by Gasteiger charge is 2.38. The van der Waals surface area contributed by atoms with Crippen LogP contribution in [0.3, 0.4) is 0 Å². The quantitative estimate of drug-likeness (QED) is 0.263. The van der Waals surface area contributed by atoms with Gasteiger partial charge in [-0.3, -0.25) is 9.59 Å². The van der Waals surface area contributed by atoms with Crippen LogP contribution < -0.4 is 0 Å². The number of carbonyl (C=O) groups excluding carboxylic acids is 2. The number of fused-ring (bicyclic) bond motifs is 1. The van der Waals surface area contributed by atoms with Crippen molar-refractivity contribution in [1.82, 2.24) is 0 Å². The molecule has 2 rings (SSSR count). The van der Waals surface area contributed by atoms with Gasteiger partial charge in [0.1, 0.15) is 18.3 Å². The van der Waals surface area contributed by atoms with E-state index in [0.29, 0.717) is 24.3 Å². The summed E-state index contributed by atoms with van der Waals surface area (Å²) in [5.41, 5.74) is 4.06. The number of carbonyl (C=O) groups is 3. The molecule has 6 nitrogen and oxygen atoms in total. The maximum absolute atomic E-state index is 12.2. The first-order valence-electron chi connectivity index (χ1n) is 10.3. The topological polar surface area (TPSA) is 101 Å². The molecule has 0 saturated carbocycles. The fourth-order valence-corrected chi connectivity index (χ4v) is 4.37. The van der Waals surface area contributed by atoms with Crippen LogP contribution in [0.25, 0.3) is 0 Å². The average Bonchev–Trinajstić information content (AvgIpc) is 2.60. The Hall–Kier alpha value is -2.21. The van der Waals surface area contributed by atoms with Gasteiger partial charge in [0.25, 0.3) is 0 Å². The van der Waals surface area contributed by atoms with E-state index in [9.17, 15) is 19.5 Å². The van der Waals surface area contributed by atoms with E-state index < -0.39 is 24.3 Å². The van der Waals surface area contributed by atoms with E-state index in [-0.39, 0.29) is 24.4 Å². The Morgan fingerprint density at radius 2 is 2.00 bits per heavy atom. The number of allylic oxidation sites excluding steroid dienone is 2. The van der Waals surface area contributed by atoms with Gasteiger partial charge in [-0.05, 0) is 51.9 Å². The van der Waals surface area contributed by atoms with Crippen LogP contribution >= 0.6 is 0 Å². The van der Waals surface area contributed by atoms with E-state index in [1.54, 1.807) is 6.92 Å². The number of esters is 1. The summed E-state index contributed by atoms with van der Waals surface area (Å²) in [6, 6.07) is 0. The highest BCUT2D eigenvalue weighted by atomic mass is 16.5. The fourth-order valence-electron chi connectivity index (χ4n) is 4.37. The van der Waals surface area contributed by atoms with Gasteiger partial charge in [-0.1, -0.05) is 36.3 Å². The predicted molar refractivity (Wildman–Crippen MR) is 109 cm³/mol. The number of aliphatic hydroxyl groups is 1. The lowest BCUT2D eigenvalue weighted by Crippen LogP contribution is -2.36. The van der Waals surface area contributed by atoms with Crippen LogP contribution in [-0.4, -0.2) is 40.1 Å². The number of hydrogen-bond acceptors (Lipinski definition) is 5. The molecule has 0 heterocycles. The van der Waals surface area contributed by atoms with E-state index in [1.165, 1.54) is 16.7 Å². The molecule has 4 atom stereocenters. The number of carboxylic acids is 1. The van der Waals surface area contributed by atoms with Crippen molar-refractivity contribution in [3.8, 4) is 0 Å². The summed E-state index contributed by atoms with van der Waals surface area (Å²) >= 11 is 0. The Labute approximate surface area is 172 Å². The zero-order valence-corrected chi connectivity index (χ0v) is 17.6. The summed E-state index contributed by atoms with van der Waals surface area (Å²) in [6.07, 6.45) is 3.98. The molecule has 4 unspecified atom stereocenters. The Morgan fingerprint density at radius 1 is 1.31 bits per heavy atom. The number of ether oxygens (including phenoxy) is 1. The maximum atomic E-state index is 12.2. The minimum Gasteiger partial charge on any atom is -0.481 e. The molecular weight excluding hydrogens is 372 g/mol. The maximum Gasteiger partial charge on any atom is 0.333 e. The van der Waals surface area contributed by atoms with Crippen molar-refractivity contribution in [3.05, 3.63) is 34.9 Å². The molecule has 0 aliphatic heterocycles. The molecule has 0 aromatic rings. The van der Waals surface area contributed by atoms with Crippen LogP contribution in [0.1, 0.15) is 65.7 Å². The van der Waals surface area contributed by atoms with Gasteiger partial charge in [0, 0.05) is 17.9 Å². The van der Waals surface area contributed by atoms with Crippen LogP contribution in [0, 0.1) is 11.8 Å². The van der Waals surface area contributed by atoms with Gasteiger partial charge in [0.2, 0.25) is 0 Å². The van der Waals surface area contributed by atoms with E-state index >= 15 is 0 Å². The van der Waals surface area contributed by atoms with Gasteiger partial charge in [-0.25, -0.2) is 4.79 Å². The van der Waals surface area contributed by atoms with Crippen molar-refractivity contribution in [2.45, 2.75) is 77.9 Å². The van der Waals surface area contributed by atoms with Gasteiger partial charge in [-0.2, -0.15) is 0 Å². The Morgan fingerprint density at radius 3 is 2.62 bits per heavy atom. The summed E-state index contributed by atoms with van der Waals surface area (Å²) in [6.45, 7) is 9.51. The van der Waals surface area contributed by atoms with Crippen molar-refractivity contribution in [3.63, 3.8) is 0 Å². The number of rotatable bonds is 9. The van der Waals surface area contributed by atoms with Crippen molar-refractivity contribution >= 4 is 17.7 Å². The Balaban J connectivity index is 2.13. The summed E-state index contributed by atoms with van der Waals surface area (Å²) in [7, 11) is 0. The van der Waals surface area contributed by atoms with Crippen molar-refractivity contribution in [2.24, 2.45) is 11.8 Å². The zero-order valence-electron chi connectivity index (χ0n) is 17.6. The third-order valence-corrected chi connectivity index (χ3v) is 5.75. The van der Waals surface area contributed by atoms with Crippen LogP contribution in [0.5, 0.6) is 0 Å². The summed E-state index contributed by atoms with van der Waals surface area (Å²) in [4.78, 5) is 34.5. The highest BCUT2D eigenvalue weighted by Crippen LogP contribution is 2.45. The lowest BCUT2D eigenvalue weighted by Gasteiger charge is -2.40. The van der Waals surface area contributed by atoms with Crippen molar-refractivity contribution in [2.75, 3.05) is 0 Å². The minimum atomic E-state index is -1.18. The number of hydrogen-bond donors (Lipinski definition) is 2. The van der Waals surface area contributed by atoms with Crippen molar-refractivity contribution in [1.29, 1.82) is 0 Å². The Kier molecular flexibility index (Phi) is 7.96. The second kappa shape index (κ2) is 10.0. The molecule has 0 radical (unpaired) electrons. The Bertz CT molecular complexity index is 744. The lowest BCUT2D eigenvalue weighted by molar-refractivity contribution is -0.147. The second-order valence-corrected chi connectivity index (χ2v) is 8.47. The molecule has 2 N–H and O–H groups in total. The molecule has 2 aliphatic rings. The van der Waals surface area contributed by atoms with Crippen molar-refractivity contribution < 1.29 is 29.3 Å². The largest absolute Gasteiger partial charge is 0.481 e. The molecule has 0 amide bonds. The van der Waals surface area contributed by atoms with Gasteiger partial charge in [0.05, 0.1) is 6.10 Å². The molecule has 0 aromatic heterocycles. The molecule has 0 bridgehead atoms. The molecule has 0 spiro atoms. The van der Waals surface area contributed by atoms with Gasteiger partial charge in [0.15, 0.2) is 0 Å². The van der Waals surface area contributed by atoms with E-state index in [2.05, 4.69) is 26.5 Å². The summed E-state index contributed by atoms with van der Waals surface area (Å²) in [5, 5.41) is 18.9. The number of carboxylic acid groups (broad SMARTS) is 1. The smallest absolute Gasteiger partial charge is 0.333 e. The first kappa shape index (κ1) is 23.1. The molecule has 160 valence electrons. The SMILES string of the molecule is C=C(C)C(=O)OC1CC(C)C=C2CCC(C)=C(CCC(O)CC(=O)CC(=O)O)C21. The van der Waals surface area contributed by atoms with Gasteiger partial charge in [-0.15, -0.1) is 0 Å². The molecule has 0 saturated heterocycles. The third-order valence-electron chi connectivity index (χ3n) is 5.75. The van der Waals surface area contributed by atoms with E-state index in [0.717, 1.165) is 19.3 Å². The first-order valence-corrected chi connectivity index (χ1v) is 10.3. The molecular formula is C23H32O6. The summed E-state index contributed by atoms with van der Waals surface area (Å²) < 4.78 is 5.79. The molecule has 29 heavy (non-hydrogen) atoms. The van der Waals surface area contributed by atoms with Crippen LogP contribution in [-0.2, 0) is 19.1 Å². The predicted octanol–water partition coefficient (Wildman–Crippen LogP) is 3.74. The standard InChI is InChI=1S/C23H32O6/c1-13(2)23(28)29-20-10-14(3)9-16-6-5-15(4)19(22(16)20)8-7-17(24)11-18(25)12-21(26)27/h9,14,17,20,22,24H,1,5-8,10-12H2,2-4H3,(H,26,27). The van der Waals surface area contributed by atoms with E-state index in [1.807, 2.05) is 0 Å². The monoisotopic (exact) mass is 404 g/mol. The van der Waals surface area contributed by atoms with Crippen LogP contribution in [0.15, 0.2) is 34.9 Å². The number of ketones is 1.